The van der Waals surface area contributed by atoms with Gasteiger partial charge in [0, 0.05) is 6.61 Å². The first-order valence-electron chi connectivity index (χ1n) is 6.10. The molecule has 2 rings (SSSR count). The second-order valence-corrected chi connectivity index (χ2v) is 4.31. The summed E-state index contributed by atoms with van der Waals surface area (Å²) in [6.07, 6.45) is 1.81. The summed E-state index contributed by atoms with van der Waals surface area (Å²) in [5, 5.41) is 9.18. The molecular weight excluding hydrogens is 208 g/mol. The third kappa shape index (κ3) is 3.43. The highest BCUT2D eigenvalue weighted by Gasteiger charge is 2.11. The van der Waals surface area contributed by atoms with Crippen molar-refractivity contribution >= 4 is 0 Å². The molecule has 0 fully saturated rings. The fourth-order valence-corrected chi connectivity index (χ4v) is 2.17. The van der Waals surface area contributed by atoms with Gasteiger partial charge in [-0.25, -0.2) is 0 Å². The van der Waals surface area contributed by atoms with Gasteiger partial charge in [-0.3, -0.25) is 0 Å². The largest absolute Gasteiger partial charge is 0.396 e. The Bertz CT molecular complexity index is 422. The zero-order valence-electron chi connectivity index (χ0n) is 9.92. The molecule has 0 bridgehead atoms. The molecule has 0 spiro atoms. The lowest BCUT2D eigenvalue weighted by atomic mass is 9.89. The molecule has 1 atom stereocenters. The molecule has 0 radical (unpaired) electrons. The molecule has 1 N–H and O–H groups in total. The van der Waals surface area contributed by atoms with Crippen LogP contribution in [0, 0.1) is 0 Å². The number of hydrogen-bond donors (Lipinski definition) is 1. The topological polar surface area (TPSA) is 20.2 Å². The number of benzene rings is 2. The quantitative estimate of drug-likeness (QED) is 0.828. The first kappa shape index (κ1) is 11.9. The van der Waals surface area contributed by atoms with Crippen molar-refractivity contribution in [2.75, 3.05) is 6.61 Å². The standard InChI is InChI=1S/C16H18O/c17-12-11-16(15-9-5-2-6-10-15)13-14-7-3-1-4-8-14/h1-10,16-17H,11-13H2/t16-/m1/s1. The summed E-state index contributed by atoms with van der Waals surface area (Å²) in [6, 6.07) is 20.9. The predicted molar refractivity (Wildman–Crippen MR) is 71.0 cm³/mol. The van der Waals surface area contributed by atoms with Gasteiger partial charge >= 0.3 is 0 Å². The first-order valence-corrected chi connectivity index (χ1v) is 6.10. The third-order valence-corrected chi connectivity index (χ3v) is 3.07. The Balaban J connectivity index is 2.13. The van der Waals surface area contributed by atoms with Crippen molar-refractivity contribution in [3.05, 3.63) is 71.8 Å². The molecule has 88 valence electrons. The van der Waals surface area contributed by atoms with Crippen LogP contribution in [-0.4, -0.2) is 11.7 Å². The molecule has 0 aliphatic heterocycles. The van der Waals surface area contributed by atoms with Gasteiger partial charge in [-0.15, -0.1) is 0 Å². The van der Waals surface area contributed by atoms with Crippen LogP contribution in [0.5, 0.6) is 0 Å². The van der Waals surface area contributed by atoms with E-state index in [4.69, 9.17) is 0 Å². The van der Waals surface area contributed by atoms with Crippen LogP contribution in [0.2, 0.25) is 0 Å². The summed E-state index contributed by atoms with van der Waals surface area (Å²) >= 11 is 0. The van der Waals surface area contributed by atoms with Crippen molar-refractivity contribution < 1.29 is 5.11 Å². The summed E-state index contributed by atoms with van der Waals surface area (Å²) in [4.78, 5) is 0. The van der Waals surface area contributed by atoms with E-state index in [-0.39, 0.29) is 6.61 Å². The van der Waals surface area contributed by atoms with Crippen LogP contribution in [0.3, 0.4) is 0 Å². The Labute approximate surface area is 103 Å². The number of aliphatic hydroxyl groups is 1. The van der Waals surface area contributed by atoms with Crippen molar-refractivity contribution in [1.29, 1.82) is 0 Å². The lowest BCUT2D eigenvalue weighted by molar-refractivity contribution is 0.275. The van der Waals surface area contributed by atoms with E-state index in [1.165, 1.54) is 11.1 Å². The third-order valence-electron chi connectivity index (χ3n) is 3.07. The fraction of sp³-hybridized carbons (Fsp3) is 0.250. The van der Waals surface area contributed by atoms with Crippen LogP contribution in [0.25, 0.3) is 0 Å². The van der Waals surface area contributed by atoms with Gasteiger partial charge < -0.3 is 5.11 Å². The van der Waals surface area contributed by atoms with Crippen molar-refractivity contribution in [2.45, 2.75) is 18.8 Å². The van der Waals surface area contributed by atoms with Gasteiger partial charge in [-0.2, -0.15) is 0 Å². The first-order chi connectivity index (χ1) is 8.40. The van der Waals surface area contributed by atoms with E-state index in [1.807, 2.05) is 12.1 Å². The normalized spacial score (nSPS) is 12.3. The van der Waals surface area contributed by atoms with Crippen molar-refractivity contribution in [1.82, 2.24) is 0 Å². The van der Waals surface area contributed by atoms with Gasteiger partial charge in [0.2, 0.25) is 0 Å². The van der Waals surface area contributed by atoms with Crippen LogP contribution >= 0.6 is 0 Å². The van der Waals surface area contributed by atoms with Gasteiger partial charge in [0.25, 0.3) is 0 Å². The van der Waals surface area contributed by atoms with Gasteiger partial charge in [0.1, 0.15) is 0 Å². The molecule has 0 saturated heterocycles. The average molecular weight is 226 g/mol. The van der Waals surface area contributed by atoms with E-state index >= 15 is 0 Å². The molecule has 0 unspecified atom stereocenters. The Hall–Kier alpha value is -1.60. The summed E-state index contributed by atoms with van der Waals surface area (Å²) < 4.78 is 0. The molecule has 17 heavy (non-hydrogen) atoms. The lowest BCUT2D eigenvalue weighted by Crippen LogP contribution is -2.05. The SMILES string of the molecule is OCC[C@H](Cc1ccccc1)c1ccccc1. The van der Waals surface area contributed by atoms with Crippen molar-refractivity contribution in [3.8, 4) is 0 Å². The lowest BCUT2D eigenvalue weighted by Gasteiger charge is -2.16. The van der Waals surface area contributed by atoms with E-state index in [1.54, 1.807) is 0 Å². The number of hydrogen-bond acceptors (Lipinski definition) is 1. The minimum atomic E-state index is 0.242. The molecular formula is C16H18O. The summed E-state index contributed by atoms with van der Waals surface area (Å²) in [5.41, 5.74) is 2.64. The van der Waals surface area contributed by atoms with Crippen LogP contribution < -0.4 is 0 Å². The van der Waals surface area contributed by atoms with Gasteiger partial charge in [0.05, 0.1) is 0 Å². The van der Waals surface area contributed by atoms with Crippen LogP contribution in [0.15, 0.2) is 60.7 Å². The molecule has 0 amide bonds. The Morgan fingerprint density at radius 1 is 0.824 bits per heavy atom. The van der Waals surface area contributed by atoms with Crippen LogP contribution in [0.4, 0.5) is 0 Å². The molecule has 0 aliphatic carbocycles. The Morgan fingerprint density at radius 2 is 1.41 bits per heavy atom. The molecule has 0 heterocycles. The zero-order valence-corrected chi connectivity index (χ0v) is 9.92. The minimum Gasteiger partial charge on any atom is -0.396 e. The maximum atomic E-state index is 9.18. The summed E-state index contributed by atoms with van der Waals surface area (Å²) in [6.45, 7) is 0.242. The molecule has 2 aromatic carbocycles. The second-order valence-electron chi connectivity index (χ2n) is 4.31. The van der Waals surface area contributed by atoms with Gasteiger partial charge in [0.15, 0.2) is 0 Å². The van der Waals surface area contributed by atoms with E-state index in [9.17, 15) is 5.11 Å². The van der Waals surface area contributed by atoms with Gasteiger partial charge in [-0.05, 0) is 29.9 Å². The van der Waals surface area contributed by atoms with Gasteiger partial charge in [-0.1, -0.05) is 60.7 Å². The molecule has 0 aromatic heterocycles. The predicted octanol–water partition coefficient (Wildman–Crippen LogP) is 3.40. The maximum Gasteiger partial charge on any atom is 0.0436 e. The molecule has 2 aromatic rings. The summed E-state index contributed by atoms with van der Waals surface area (Å²) in [7, 11) is 0. The van der Waals surface area contributed by atoms with E-state index in [2.05, 4.69) is 48.5 Å². The van der Waals surface area contributed by atoms with Crippen LogP contribution in [0.1, 0.15) is 23.5 Å². The highest BCUT2D eigenvalue weighted by Crippen LogP contribution is 2.23. The Kier molecular flexibility index (Phi) is 4.34. The number of aliphatic hydroxyl groups excluding tert-OH is 1. The molecule has 1 nitrogen and oxygen atoms in total. The van der Waals surface area contributed by atoms with E-state index in [0.717, 1.165) is 12.8 Å². The van der Waals surface area contributed by atoms with E-state index in [0.29, 0.717) is 5.92 Å². The van der Waals surface area contributed by atoms with E-state index < -0.39 is 0 Å². The smallest absolute Gasteiger partial charge is 0.0436 e. The maximum absolute atomic E-state index is 9.18. The average Bonchev–Trinajstić information content (AvgIpc) is 2.40. The zero-order chi connectivity index (χ0) is 11.9. The van der Waals surface area contributed by atoms with Crippen molar-refractivity contribution in [3.63, 3.8) is 0 Å². The minimum absolute atomic E-state index is 0.242. The number of rotatable bonds is 5. The molecule has 0 aliphatic rings. The highest BCUT2D eigenvalue weighted by atomic mass is 16.3. The summed E-state index contributed by atoms with van der Waals surface area (Å²) in [5.74, 6) is 0.406. The highest BCUT2D eigenvalue weighted by molar-refractivity contribution is 5.24. The second kappa shape index (κ2) is 6.21. The molecule has 0 saturated carbocycles. The monoisotopic (exact) mass is 226 g/mol. The van der Waals surface area contributed by atoms with Crippen molar-refractivity contribution in [2.24, 2.45) is 0 Å². The fourth-order valence-electron chi connectivity index (χ4n) is 2.17. The molecule has 1 heteroatoms. The van der Waals surface area contributed by atoms with Crippen LogP contribution in [-0.2, 0) is 6.42 Å². The Morgan fingerprint density at radius 3 is 2.00 bits per heavy atom.